The van der Waals surface area contributed by atoms with E-state index in [4.69, 9.17) is 9.52 Å². The fourth-order valence-corrected chi connectivity index (χ4v) is 6.08. The third kappa shape index (κ3) is 6.48. The number of fused-ring (bicyclic) bond motifs is 6. The minimum atomic E-state index is -0.125. The molecule has 1 radical (unpaired) electrons. The monoisotopic (exact) mass is 783 g/mol. The molecule has 5 aromatic carbocycles. The number of para-hydroxylation sites is 1. The van der Waals surface area contributed by atoms with Gasteiger partial charge in [-0.1, -0.05) is 98.1 Å². The second-order valence-corrected chi connectivity index (χ2v) is 11.9. The number of hydrogen-bond acceptors (Lipinski definition) is 3. The number of aromatic nitrogens is 1. The van der Waals surface area contributed by atoms with Crippen molar-refractivity contribution in [1.82, 2.24) is 0 Å². The Morgan fingerprint density at radius 2 is 1.57 bits per heavy atom. The van der Waals surface area contributed by atoms with Gasteiger partial charge in [-0.25, -0.2) is 0 Å². The zero-order chi connectivity index (χ0) is 31.7. The van der Waals surface area contributed by atoms with Gasteiger partial charge in [0.2, 0.25) is 0 Å². The zero-order valence-corrected chi connectivity index (χ0v) is 28.8. The number of hydrogen-bond donors (Lipinski definition) is 1. The molecule has 0 aliphatic rings. The van der Waals surface area contributed by atoms with Crippen LogP contribution in [0.1, 0.15) is 33.3 Å². The summed E-state index contributed by atoms with van der Waals surface area (Å²) < 4.78 is 8.57. The van der Waals surface area contributed by atoms with Gasteiger partial charge in [0, 0.05) is 44.0 Å². The maximum atomic E-state index is 10.0. The van der Waals surface area contributed by atoms with Crippen LogP contribution in [0.2, 0.25) is 0 Å². The summed E-state index contributed by atoms with van der Waals surface area (Å²) in [5.74, 6) is 0.455. The van der Waals surface area contributed by atoms with Gasteiger partial charge in [-0.15, -0.1) is 17.7 Å². The van der Waals surface area contributed by atoms with Gasteiger partial charge in [-0.05, 0) is 71.8 Å². The summed E-state index contributed by atoms with van der Waals surface area (Å²) in [4.78, 5) is 10.0. The molecule has 0 saturated heterocycles. The van der Waals surface area contributed by atoms with Gasteiger partial charge in [-0.3, -0.25) is 4.79 Å². The molecule has 0 atom stereocenters. The van der Waals surface area contributed by atoms with Crippen LogP contribution in [0, 0.1) is 19.0 Å². The van der Waals surface area contributed by atoms with Crippen LogP contribution in [0.25, 0.3) is 66.0 Å². The van der Waals surface area contributed by atoms with Crippen molar-refractivity contribution in [1.29, 1.82) is 0 Å². The Morgan fingerprint density at radius 1 is 0.891 bits per heavy atom. The Labute approximate surface area is 283 Å². The zero-order valence-electron chi connectivity index (χ0n) is 26.4. The van der Waals surface area contributed by atoms with E-state index in [1.165, 1.54) is 52.8 Å². The number of furan rings is 1. The summed E-state index contributed by atoms with van der Waals surface area (Å²) in [6.07, 6.45) is 2.11. The van der Waals surface area contributed by atoms with E-state index in [1.807, 2.05) is 12.1 Å². The van der Waals surface area contributed by atoms with E-state index in [-0.39, 0.29) is 31.6 Å². The topological polar surface area (TPSA) is 54.3 Å². The van der Waals surface area contributed by atoms with Crippen molar-refractivity contribution in [3.63, 3.8) is 0 Å². The molecule has 5 heteroatoms. The van der Waals surface area contributed by atoms with E-state index in [9.17, 15) is 4.79 Å². The second kappa shape index (κ2) is 13.7. The number of nitrogens with zero attached hydrogens (tertiary/aromatic N) is 1. The van der Waals surface area contributed by atoms with Crippen LogP contribution in [-0.2, 0) is 31.3 Å². The quantitative estimate of drug-likeness (QED) is 0.0622. The van der Waals surface area contributed by atoms with Crippen LogP contribution in [0.15, 0.2) is 119 Å². The number of ketones is 1. The molecule has 7 aromatic rings. The smallest absolute Gasteiger partial charge is 0.155 e. The summed E-state index contributed by atoms with van der Waals surface area (Å²) in [6, 6.07) is 40.2. The first kappa shape index (κ1) is 32.7. The van der Waals surface area contributed by atoms with Crippen molar-refractivity contribution in [3.05, 3.63) is 134 Å². The van der Waals surface area contributed by atoms with Gasteiger partial charge < -0.3 is 14.1 Å². The maximum absolute atomic E-state index is 10.0. The Balaban J connectivity index is 0.000000471. The molecule has 0 aliphatic carbocycles. The average molecular weight is 783 g/mol. The third-order valence-electron chi connectivity index (χ3n) is 7.89. The van der Waals surface area contributed by atoms with Crippen LogP contribution in [0.4, 0.5) is 0 Å². The summed E-state index contributed by atoms with van der Waals surface area (Å²) in [6.45, 7) is 7.35. The largest absolute Gasteiger partial charge is 0.512 e. The van der Waals surface area contributed by atoms with E-state index >= 15 is 0 Å². The molecule has 2 aromatic heterocycles. The van der Waals surface area contributed by atoms with Gasteiger partial charge in [0.05, 0.1) is 11.3 Å². The van der Waals surface area contributed by atoms with Crippen LogP contribution in [-0.4, -0.2) is 10.9 Å². The normalized spacial score (nSPS) is 11.5. The summed E-state index contributed by atoms with van der Waals surface area (Å²) in [5, 5.41) is 14.3. The molecule has 0 unspecified atom stereocenters. The van der Waals surface area contributed by atoms with Gasteiger partial charge in [-0.2, -0.15) is 0 Å². The minimum Gasteiger partial charge on any atom is -0.512 e. The number of rotatable bonds is 5. The van der Waals surface area contributed by atoms with Crippen molar-refractivity contribution in [2.45, 2.75) is 34.1 Å². The number of carbonyl (C=O) groups is 1. The van der Waals surface area contributed by atoms with E-state index in [0.29, 0.717) is 5.92 Å². The van der Waals surface area contributed by atoms with E-state index < -0.39 is 0 Å². The number of carbonyl (C=O) groups excluding carboxylic acids is 1. The Hall–Kier alpha value is -4.70. The number of aliphatic hydroxyl groups is 1. The molecule has 2 heterocycles. The van der Waals surface area contributed by atoms with Crippen molar-refractivity contribution in [2.75, 3.05) is 0 Å². The van der Waals surface area contributed by atoms with Crippen LogP contribution < -0.4 is 4.57 Å². The first-order valence-corrected chi connectivity index (χ1v) is 15.2. The minimum absolute atomic E-state index is 0. The molecule has 0 fully saturated rings. The molecule has 46 heavy (non-hydrogen) atoms. The van der Waals surface area contributed by atoms with Gasteiger partial charge in [0.15, 0.2) is 5.78 Å². The predicted octanol–water partition coefficient (Wildman–Crippen LogP) is 10.2. The first-order chi connectivity index (χ1) is 21.7. The molecule has 0 aliphatic heterocycles. The molecule has 0 bridgehead atoms. The standard InChI is InChI=1S/C36H28NO.C5H8O2.Ir/c1-23(2)19-24-20-30-28-15-9-10-16-34(28)38-36(30)31(21-24)33-22-29(25-11-5-4-6-12-25)35-27-14-8-7-13-26(27)17-18-32(35)37(33)3;1-4(6)3-5(2)7;/h4-18,20,22-23H,3,19H2,1-2H3;3,6H,1-2H3;/q-1;;/b;4-3-;. The third-order valence-corrected chi connectivity index (χ3v) is 7.89. The van der Waals surface area contributed by atoms with Crippen LogP contribution in [0.5, 0.6) is 0 Å². The van der Waals surface area contributed by atoms with Crippen LogP contribution in [0.3, 0.4) is 0 Å². The fraction of sp³-hybridized carbons (Fsp3) is 0.146. The van der Waals surface area contributed by atoms with E-state index in [0.717, 1.165) is 45.1 Å². The summed E-state index contributed by atoms with van der Waals surface area (Å²) in [5.41, 5.74) is 8.31. The van der Waals surface area contributed by atoms with Crippen molar-refractivity contribution in [3.8, 4) is 22.4 Å². The van der Waals surface area contributed by atoms with Crippen molar-refractivity contribution in [2.24, 2.45) is 5.92 Å². The molecular formula is C41H36IrNO3-. The van der Waals surface area contributed by atoms with Crippen molar-refractivity contribution >= 4 is 49.4 Å². The Morgan fingerprint density at radius 3 is 2.24 bits per heavy atom. The molecule has 0 spiro atoms. The van der Waals surface area contributed by atoms with E-state index in [2.05, 4.69) is 123 Å². The summed E-state index contributed by atoms with van der Waals surface area (Å²) in [7, 11) is 4.57. The molecule has 233 valence electrons. The molecule has 0 amide bonds. The number of benzene rings is 5. The molecule has 0 saturated carbocycles. The van der Waals surface area contributed by atoms with Gasteiger partial charge in [0.1, 0.15) is 16.8 Å². The van der Waals surface area contributed by atoms with Crippen molar-refractivity contribution < 1.29 is 39.0 Å². The SMILES string of the molecule is CC(=O)/C=C(/C)O.[CH2-][n+]1c(-c2[c-]c(CC(C)C)cc3c2oc2ccccc23)cc(-c2ccccc2)c2c3ccccc3ccc21.[Ir]. The Bertz CT molecular complexity index is 2220. The number of allylic oxidation sites excluding steroid dienone is 2. The second-order valence-electron chi connectivity index (χ2n) is 11.9. The molecule has 7 rings (SSSR count). The maximum Gasteiger partial charge on any atom is 0.155 e. The molecule has 1 N–H and O–H groups in total. The Kier molecular flexibility index (Phi) is 9.76. The van der Waals surface area contributed by atoms with Crippen LogP contribution >= 0.6 is 0 Å². The average Bonchev–Trinajstić information content (AvgIpc) is 3.39. The first-order valence-electron chi connectivity index (χ1n) is 15.2. The molecular weight excluding hydrogens is 747 g/mol. The summed E-state index contributed by atoms with van der Waals surface area (Å²) >= 11 is 0. The predicted molar refractivity (Wildman–Crippen MR) is 185 cm³/mol. The molecule has 4 nitrogen and oxygen atoms in total. The number of aliphatic hydroxyl groups excluding tert-OH is 1. The van der Waals surface area contributed by atoms with E-state index in [1.54, 1.807) is 0 Å². The fourth-order valence-electron chi connectivity index (χ4n) is 6.08. The number of pyridine rings is 1. The van der Waals surface area contributed by atoms with Gasteiger partial charge in [0.25, 0.3) is 0 Å². The van der Waals surface area contributed by atoms with Gasteiger partial charge >= 0.3 is 0 Å².